The van der Waals surface area contributed by atoms with Gasteiger partial charge in [-0.2, -0.15) is 11.3 Å². The van der Waals surface area contributed by atoms with Crippen molar-refractivity contribution in [3.8, 4) is 0 Å². The number of hydrogen-bond donors (Lipinski definition) is 2. The molecule has 2 N–H and O–H groups in total. The molecule has 92 valence electrons. The molecule has 0 saturated carbocycles. The summed E-state index contributed by atoms with van der Waals surface area (Å²) in [7, 11) is 0. The first-order valence-electron chi connectivity index (χ1n) is 5.98. The molecule has 1 aliphatic rings. The van der Waals surface area contributed by atoms with Crippen molar-refractivity contribution in [2.45, 2.75) is 6.42 Å². The molecule has 18 heavy (non-hydrogen) atoms. The first-order valence-corrected chi connectivity index (χ1v) is 6.92. The summed E-state index contributed by atoms with van der Waals surface area (Å²) < 4.78 is 0. The lowest BCUT2D eigenvalue weighted by atomic mass is 9.93. The Morgan fingerprint density at radius 2 is 2.22 bits per heavy atom. The van der Waals surface area contributed by atoms with Crippen LogP contribution in [0.2, 0.25) is 0 Å². The molecule has 1 aromatic heterocycles. The van der Waals surface area contributed by atoms with E-state index in [9.17, 15) is 4.79 Å². The maximum absolute atomic E-state index is 12.1. The minimum atomic E-state index is -0.000185. The minimum Gasteiger partial charge on any atom is -0.384 e. The van der Waals surface area contributed by atoms with Crippen LogP contribution in [0.15, 0.2) is 41.1 Å². The van der Waals surface area contributed by atoms with Crippen LogP contribution in [0.3, 0.4) is 0 Å². The van der Waals surface area contributed by atoms with E-state index in [1.807, 2.05) is 29.0 Å². The second kappa shape index (κ2) is 4.82. The Bertz CT molecular complexity index is 551. The van der Waals surface area contributed by atoms with Crippen molar-refractivity contribution in [3.63, 3.8) is 0 Å². The van der Waals surface area contributed by atoms with E-state index in [-0.39, 0.29) is 11.8 Å². The van der Waals surface area contributed by atoms with Gasteiger partial charge in [0.05, 0.1) is 11.6 Å². The van der Waals surface area contributed by atoms with Crippen molar-refractivity contribution in [1.82, 2.24) is 0 Å². The van der Waals surface area contributed by atoms with E-state index < -0.39 is 0 Å². The van der Waals surface area contributed by atoms with Crippen molar-refractivity contribution in [1.29, 1.82) is 0 Å². The predicted octanol–water partition coefficient (Wildman–Crippen LogP) is 2.97. The molecule has 0 aliphatic carbocycles. The van der Waals surface area contributed by atoms with E-state index in [4.69, 9.17) is 0 Å². The molecule has 0 radical (unpaired) electrons. The first kappa shape index (κ1) is 11.3. The molecular weight excluding hydrogens is 244 g/mol. The Hall–Kier alpha value is -1.81. The van der Waals surface area contributed by atoms with Crippen LogP contribution in [-0.4, -0.2) is 12.5 Å². The first-order chi connectivity index (χ1) is 8.83. The van der Waals surface area contributed by atoms with E-state index in [1.165, 1.54) is 5.56 Å². The van der Waals surface area contributed by atoms with Crippen LogP contribution < -0.4 is 10.6 Å². The summed E-state index contributed by atoms with van der Waals surface area (Å²) in [6, 6.07) is 10.1. The van der Waals surface area contributed by atoms with Gasteiger partial charge < -0.3 is 10.6 Å². The third kappa shape index (κ3) is 2.24. The average Bonchev–Trinajstić information content (AvgIpc) is 2.91. The van der Waals surface area contributed by atoms with E-state index in [1.54, 1.807) is 11.3 Å². The molecule has 1 aliphatic heterocycles. The number of rotatable bonds is 2. The van der Waals surface area contributed by atoms with Gasteiger partial charge in [-0.1, -0.05) is 18.2 Å². The molecule has 1 unspecified atom stereocenters. The Labute approximate surface area is 110 Å². The average molecular weight is 258 g/mol. The monoisotopic (exact) mass is 258 g/mol. The molecule has 2 aromatic rings. The number of benzene rings is 1. The second-order valence-electron chi connectivity index (χ2n) is 4.44. The number of amides is 1. The molecule has 0 saturated heterocycles. The van der Waals surface area contributed by atoms with Crippen molar-refractivity contribution in [2.75, 3.05) is 17.2 Å². The van der Waals surface area contributed by atoms with E-state index >= 15 is 0 Å². The summed E-state index contributed by atoms with van der Waals surface area (Å²) >= 11 is 1.59. The van der Waals surface area contributed by atoms with Gasteiger partial charge in [-0.05, 0) is 29.5 Å². The lowest BCUT2D eigenvalue weighted by molar-refractivity contribution is -0.119. The zero-order valence-electron chi connectivity index (χ0n) is 9.85. The highest BCUT2D eigenvalue weighted by Gasteiger charge is 2.24. The second-order valence-corrected chi connectivity index (χ2v) is 5.22. The maximum atomic E-state index is 12.1. The Morgan fingerprint density at radius 3 is 3.06 bits per heavy atom. The van der Waals surface area contributed by atoms with Crippen molar-refractivity contribution in [3.05, 3.63) is 46.7 Å². The highest BCUT2D eigenvalue weighted by atomic mass is 32.1. The van der Waals surface area contributed by atoms with Crippen LogP contribution >= 0.6 is 11.3 Å². The van der Waals surface area contributed by atoms with Gasteiger partial charge in [0, 0.05) is 17.6 Å². The van der Waals surface area contributed by atoms with Crippen molar-refractivity contribution in [2.24, 2.45) is 5.92 Å². The lowest BCUT2D eigenvalue weighted by Gasteiger charge is -2.25. The fourth-order valence-corrected chi connectivity index (χ4v) is 2.79. The van der Waals surface area contributed by atoms with Crippen LogP contribution in [-0.2, 0) is 11.2 Å². The number of carbonyl (C=O) groups is 1. The van der Waals surface area contributed by atoms with Crippen LogP contribution in [0.1, 0.15) is 5.56 Å². The highest BCUT2D eigenvalue weighted by Crippen LogP contribution is 2.25. The van der Waals surface area contributed by atoms with Gasteiger partial charge in [-0.15, -0.1) is 0 Å². The Balaban J connectivity index is 1.70. The molecular formula is C14H14N2OS. The molecule has 3 nitrogen and oxygen atoms in total. The van der Waals surface area contributed by atoms with Gasteiger partial charge in [0.15, 0.2) is 0 Å². The number of carbonyl (C=O) groups excluding carboxylic acids is 1. The molecule has 0 fully saturated rings. The third-order valence-corrected chi connectivity index (χ3v) is 3.87. The summed E-state index contributed by atoms with van der Waals surface area (Å²) in [6.45, 7) is 0.701. The summed E-state index contributed by atoms with van der Waals surface area (Å²) in [4.78, 5) is 12.1. The Morgan fingerprint density at radius 1 is 1.33 bits per heavy atom. The molecule has 1 amide bonds. The number of nitrogens with one attached hydrogen (secondary N) is 2. The molecule has 2 heterocycles. The molecule has 1 atom stereocenters. The largest absolute Gasteiger partial charge is 0.384 e. The molecule has 0 spiro atoms. The SMILES string of the molecule is O=C(Nc1ccsc1)C1CNc2ccccc2C1. The molecule has 1 aromatic carbocycles. The zero-order valence-corrected chi connectivity index (χ0v) is 10.7. The third-order valence-electron chi connectivity index (χ3n) is 3.18. The van der Waals surface area contributed by atoms with E-state index in [0.29, 0.717) is 6.54 Å². The quantitative estimate of drug-likeness (QED) is 0.869. The molecule has 0 bridgehead atoms. The summed E-state index contributed by atoms with van der Waals surface area (Å²) in [5, 5.41) is 10.2. The Kier molecular flexibility index (Phi) is 3.02. The number of fused-ring (bicyclic) bond motifs is 1. The van der Waals surface area contributed by atoms with Crippen LogP contribution in [0.5, 0.6) is 0 Å². The number of thiophene rings is 1. The predicted molar refractivity (Wildman–Crippen MR) is 75.1 cm³/mol. The van der Waals surface area contributed by atoms with Crippen molar-refractivity contribution < 1.29 is 4.79 Å². The number of para-hydroxylation sites is 1. The molecule has 3 rings (SSSR count). The lowest BCUT2D eigenvalue weighted by Crippen LogP contribution is -2.33. The van der Waals surface area contributed by atoms with Gasteiger partial charge in [0.25, 0.3) is 0 Å². The van der Waals surface area contributed by atoms with E-state index in [0.717, 1.165) is 17.8 Å². The topological polar surface area (TPSA) is 41.1 Å². The van der Waals surface area contributed by atoms with Crippen LogP contribution in [0.25, 0.3) is 0 Å². The molecule has 4 heteroatoms. The van der Waals surface area contributed by atoms with E-state index in [2.05, 4.69) is 22.8 Å². The highest BCUT2D eigenvalue weighted by molar-refractivity contribution is 7.08. The van der Waals surface area contributed by atoms with Gasteiger partial charge in [0.2, 0.25) is 5.91 Å². The fraction of sp³-hybridized carbons (Fsp3) is 0.214. The summed E-state index contributed by atoms with van der Waals surface area (Å²) in [6.07, 6.45) is 0.805. The van der Waals surface area contributed by atoms with Gasteiger partial charge in [-0.25, -0.2) is 0 Å². The van der Waals surface area contributed by atoms with Crippen molar-refractivity contribution >= 4 is 28.6 Å². The summed E-state index contributed by atoms with van der Waals surface area (Å²) in [5.41, 5.74) is 3.26. The van der Waals surface area contributed by atoms with Crippen LogP contribution in [0, 0.1) is 5.92 Å². The normalized spacial score (nSPS) is 17.7. The maximum Gasteiger partial charge on any atom is 0.229 e. The smallest absolute Gasteiger partial charge is 0.229 e. The minimum absolute atomic E-state index is 0.000185. The van der Waals surface area contributed by atoms with Gasteiger partial charge in [0.1, 0.15) is 0 Å². The zero-order chi connectivity index (χ0) is 12.4. The van der Waals surface area contributed by atoms with Gasteiger partial charge >= 0.3 is 0 Å². The summed E-state index contributed by atoms with van der Waals surface area (Å²) in [5.74, 6) is 0.0928. The fourth-order valence-electron chi connectivity index (χ4n) is 2.21. The van der Waals surface area contributed by atoms with Gasteiger partial charge in [-0.3, -0.25) is 4.79 Å². The van der Waals surface area contributed by atoms with Crippen LogP contribution in [0.4, 0.5) is 11.4 Å². The number of anilines is 2. The standard InChI is InChI=1S/C14H14N2OS/c17-14(16-12-5-6-18-9-12)11-7-10-3-1-2-4-13(10)15-8-11/h1-6,9,11,15H,7-8H2,(H,16,17). The number of hydrogen-bond acceptors (Lipinski definition) is 3.